The maximum atomic E-state index is 8.75. The second-order valence-electron chi connectivity index (χ2n) is 3.55. The Kier molecular flexibility index (Phi) is 3.59. The van der Waals surface area contributed by atoms with Gasteiger partial charge in [-0.15, -0.1) is 0 Å². The fourth-order valence-corrected chi connectivity index (χ4v) is 1.39. The zero-order valence-corrected chi connectivity index (χ0v) is 9.84. The van der Waals surface area contributed by atoms with Crippen LogP contribution in [0.3, 0.4) is 0 Å². The number of hydrogen-bond acceptors (Lipinski definition) is 3. The molecule has 0 aliphatic carbocycles. The molecule has 0 N–H and O–H groups in total. The van der Waals surface area contributed by atoms with Crippen LogP contribution < -0.4 is 4.74 Å². The van der Waals surface area contributed by atoms with Gasteiger partial charge in [-0.25, -0.2) is 0 Å². The molecule has 0 unspecified atom stereocenters. The number of hydrogen-bond donors (Lipinski definition) is 0. The van der Waals surface area contributed by atoms with E-state index in [1.54, 1.807) is 19.4 Å². The van der Waals surface area contributed by atoms with Crippen LogP contribution in [0, 0.1) is 23.2 Å². The molecule has 0 bridgehead atoms. The number of ether oxygens (including phenoxy) is 1. The Morgan fingerprint density at radius 1 is 1.00 bits per heavy atom. The summed E-state index contributed by atoms with van der Waals surface area (Å²) in [5.41, 5.74) is 2.12. The first-order chi connectivity index (χ1) is 8.81. The second kappa shape index (κ2) is 5.52. The van der Waals surface area contributed by atoms with Crippen LogP contribution in [0.5, 0.6) is 5.75 Å². The Bertz CT molecular complexity index is 643. The van der Waals surface area contributed by atoms with Crippen molar-refractivity contribution in [2.75, 3.05) is 7.11 Å². The van der Waals surface area contributed by atoms with Gasteiger partial charge in [0.25, 0.3) is 0 Å². The number of benzene rings is 1. The predicted molar refractivity (Wildman–Crippen MR) is 67.9 cm³/mol. The highest BCUT2D eigenvalue weighted by Crippen LogP contribution is 2.10. The smallest absolute Gasteiger partial charge is 0.118 e. The van der Waals surface area contributed by atoms with Crippen molar-refractivity contribution in [1.82, 2.24) is 4.98 Å². The van der Waals surface area contributed by atoms with E-state index in [0.717, 1.165) is 16.9 Å². The molecule has 0 saturated heterocycles. The summed E-state index contributed by atoms with van der Waals surface area (Å²) in [6.07, 6.45) is 3.15. The third-order valence-corrected chi connectivity index (χ3v) is 2.31. The minimum absolute atomic E-state index is 0.511. The lowest BCUT2D eigenvalue weighted by Gasteiger charge is -1.97. The van der Waals surface area contributed by atoms with E-state index in [1.807, 2.05) is 30.3 Å². The molecule has 0 amide bonds. The van der Waals surface area contributed by atoms with Crippen molar-refractivity contribution in [2.24, 2.45) is 0 Å². The monoisotopic (exact) mass is 234 g/mol. The number of nitriles is 1. The van der Waals surface area contributed by atoms with Crippen molar-refractivity contribution in [1.29, 1.82) is 5.26 Å². The highest BCUT2D eigenvalue weighted by atomic mass is 16.5. The maximum Gasteiger partial charge on any atom is 0.118 e. The molecule has 0 aliphatic rings. The molecule has 18 heavy (non-hydrogen) atoms. The molecule has 2 rings (SSSR count). The van der Waals surface area contributed by atoms with Crippen molar-refractivity contribution in [3.8, 4) is 23.7 Å². The molecular formula is C15H10N2O. The molecule has 0 aliphatic heterocycles. The summed E-state index contributed by atoms with van der Waals surface area (Å²) in [4.78, 5) is 3.95. The minimum atomic E-state index is 0.511. The van der Waals surface area contributed by atoms with Crippen LogP contribution in [0.2, 0.25) is 0 Å². The molecule has 0 atom stereocenters. The van der Waals surface area contributed by atoms with Gasteiger partial charge in [-0.3, -0.25) is 4.98 Å². The molecule has 2 aromatic rings. The van der Waals surface area contributed by atoms with Crippen LogP contribution in [0.1, 0.15) is 16.7 Å². The minimum Gasteiger partial charge on any atom is -0.497 e. The summed E-state index contributed by atoms with van der Waals surface area (Å²) >= 11 is 0. The summed E-state index contributed by atoms with van der Waals surface area (Å²) in [6, 6.07) is 11.2. The van der Waals surface area contributed by atoms with Gasteiger partial charge in [-0.1, -0.05) is 11.8 Å². The Balaban J connectivity index is 2.22. The molecule has 86 valence electrons. The van der Waals surface area contributed by atoms with Gasteiger partial charge < -0.3 is 4.74 Å². The van der Waals surface area contributed by atoms with Crippen molar-refractivity contribution in [2.45, 2.75) is 0 Å². The standard InChI is InChI=1S/C15H10N2O/c1-18-15-6-4-12(5-7-15)2-3-13-8-14(9-16)11-17-10-13/h4-8,10-11H,1H3. The maximum absolute atomic E-state index is 8.75. The topological polar surface area (TPSA) is 45.9 Å². The normalized spacial score (nSPS) is 8.89. The van der Waals surface area contributed by atoms with Gasteiger partial charge in [0.1, 0.15) is 11.8 Å². The van der Waals surface area contributed by atoms with Crippen molar-refractivity contribution < 1.29 is 4.74 Å². The number of aromatic nitrogens is 1. The van der Waals surface area contributed by atoms with Gasteiger partial charge in [0.05, 0.1) is 12.7 Å². The molecule has 1 aromatic heterocycles. The number of methoxy groups -OCH3 is 1. The van der Waals surface area contributed by atoms with Crippen LogP contribution in [0.25, 0.3) is 0 Å². The summed E-state index contributed by atoms with van der Waals surface area (Å²) in [5.74, 6) is 6.78. The van der Waals surface area contributed by atoms with Gasteiger partial charge in [0.2, 0.25) is 0 Å². The number of nitrogens with zero attached hydrogens (tertiary/aromatic N) is 2. The molecule has 1 heterocycles. The Morgan fingerprint density at radius 3 is 2.33 bits per heavy atom. The summed E-state index contributed by atoms with van der Waals surface area (Å²) < 4.78 is 5.07. The van der Waals surface area contributed by atoms with Crippen molar-refractivity contribution >= 4 is 0 Å². The first kappa shape index (κ1) is 11.7. The fraction of sp³-hybridized carbons (Fsp3) is 0.0667. The average Bonchev–Trinajstić information content (AvgIpc) is 2.46. The van der Waals surface area contributed by atoms with E-state index >= 15 is 0 Å². The average molecular weight is 234 g/mol. The van der Waals surface area contributed by atoms with Crippen LogP contribution in [-0.2, 0) is 0 Å². The number of pyridine rings is 1. The Hall–Kier alpha value is -2.78. The van der Waals surface area contributed by atoms with E-state index in [1.165, 1.54) is 6.20 Å². The van der Waals surface area contributed by atoms with E-state index in [0.29, 0.717) is 5.56 Å². The fourth-order valence-electron chi connectivity index (χ4n) is 1.39. The molecule has 0 spiro atoms. The predicted octanol–water partition coefficient (Wildman–Crippen LogP) is 2.36. The lowest BCUT2D eigenvalue weighted by Crippen LogP contribution is -1.83. The lowest BCUT2D eigenvalue weighted by atomic mass is 10.2. The van der Waals surface area contributed by atoms with E-state index in [-0.39, 0.29) is 0 Å². The lowest BCUT2D eigenvalue weighted by molar-refractivity contribution is 0.415. The van der Waals surface area contributed by atoms with Gasteiger partial charge in [-0.05, 0) is 30.3 Å². The van der Waals surface area contributed by atoms with Crippen molar-refractivity contribution in [3.05, 3.63) is 59.4 Å². The zero-order valence-electron chi connectivity index (χ0n) is 9.84. The van der Waals surface area contributed by atoms with E-state index in [2.05, 4.69) is 16.8 Å². The SMILES string of the molecule is COc1ccc(C#Cc2cncc(C#N)c2)cc1. The van der Waals surface area contributed by atoms with Crippen LogP contribution in [0.15, 0.2) is 42.7 Å². The molecule has 3 heteroatoms. The molecular weight excluding hydrogens is 224 g/mol. The zero-order chi connectivity index (χ0) is 12.8. The van der Waals surface area contributed by atoms with Crippen LogP contribution >= 0.6 is 0 Å². The van der Waals surface area contributed by atoms with Crippen LogP contribution in [0.4, 0.5) is 0 Å². The summed E-state index contributed by atoms with van der Waals surface area (Å²) in [6.45, 7) is 0. The summed E-state index contributed by atoms with van der Waals surface area (Å²) in [7, 11) is 1.62. The summed E-state index contributed by atoms with van der Waals surface area (Å²) in [5, 5.41) is 8.75. The first-order valence-electron chi connectivity index (χ1n) is 5.33. The van der Waals surface area contributed by atoms with Gasteiger partial charge >= 0.3 is 0 Å². The van der Waals surface area contributed by atoms with Gasteiger partial charge in [0.15, 0.2) is 0 Å². The third-order valence-electron chi connectivity index (χ3n) is 2.31. The quantitative estimate of drug-likeness (QED) is 0.711. The second-order valence-corrected chi connectivity index (χ2v) is 3.55. The largest absolute Gasteiger partial charge is 0.497 e. The molecule has 3 nitrogen and oxygen atoms in total. The van der Waals surface area contributed by atoms with E-state index < -0.39 is 0 Å². The van der Waals surface area contributed by atoms with Gasteiger partial charge in [0, 0.05) is 23.5 Å². The Morgan fingerprint density at radius 2 is 1.67 bits per heavy atom. The molecule has 0 radical (unpaired) electrons. The van der Waals surface area contributed by atoms with Crippen molar-refractivity contribution in [3.63, 3.8) is 0 Å². The van der Waals surface area contributed by atoms with Crippen LogP contribution in [-0.4, -0.2) is 12.1 Å². The first-order valence-corrected chi connectivity index (χ1v) is 5.33. The van der Waals surface area contributed by atoms with E-state index in [9.17, 15) is 0 Å². The third kappa shape index (κ3) is 2.87. The highest BCUT2D eigenvalue weighted by Gasteiger charge is 1.93. The Labute approximate surface area is 106 Å². The number of rotatable bonds is 1. The molecule has 0 fully saturated rings. The molecule has 1 aromatic carbocycles. The highest BCUT2D eigenvalue weighted by molar-refractivity contribution is 5.45. The molecule has 0 saturated carbocycles. The van der Waals surface area contributed by atoms with Gasteiger partial charge in [-0.2, -0.15) is 5.26 Å². The van der Waals surface area contributed by atoms with E-state index in [4.69, 9.17) is 10.00 Å².